The van der Waals surface area contributed by atoms with E-state index >= 15 is 0 Å². The average molecular weight is 501 g/mol. The number of piperidine rings is 1. The van der Waals surface area contributed by atoms with E-state index in [-0.39, 0.29) is 5.78 Å². The third kappa shape index (κ3) is 5.37. The number of ketones is 1. The maximum Gasteiger partial charge on any atom is 0.188 e. The van der Waals surface area contributed by atoms with E-state index in [1.54, 1.807) is 24.4 Å². The molecule has 2 aliphatic heterocycles. The third-order valence-corrected chi connectivity index (χ3v) is 7.29. The number of allylic oxidation sites excluding steroid dienone is 2. The third-order valence-electron chi connectivity index (χ3n) is 7.29. The predicted octanol–water partition coefficient (Wildman–Crippen LogP) is 6.17. The number of carbonyl (C=O) groups excluding carboxylic acids is 1. The summed E-state index contributed by atoms with van der Waals surface area (Å²) in [5.41, 5.74) is 7.66. The van der Waals surface area contributed by atoms with Crippen LogP contribution < -0.4 is 4.90 Å². The normalized spacial score (nSPS) is 16.0. The van der Waals surface area contributed by atoms with Gasteiger partial charge in [0.2, 0.25) is 0 Å². The summed E-state index contributed by atoms with van der Waals surface area (Å²) in [7, 11) is 0. The lowest BCUT2D eigenvalue weighted by atomic mass is 9.84. The molecule has 38 heavy (non-hydrogen) atoms. The molecule has 1 saturated heterocycles. The van der Waals surface area contributed by atoms with E-state index < -0.39 is 0 Å². The molecule has 5 heteroatoms. The van der Waals surface area contributed by atoms with Gasteiger partial charge in [-0.1, -0.05) is 55.0 Å². The van der Waals surface area contributed by atoms with Crippen molar-refractivity contribution in [2.75, 3.05) is 31.1 Å². The Morgan fingerprint density at radius 1 is 1.05 bits per heavy atom. The molecule has 0 radical (unpaired) electrons. The lowest BCUT2D eigenvalue weighted by Gasteiger charge is -2.38. The zero-order valence-electron chi connectivity index (χ0n) is 21.9. The smallest absolute Gasteiger partial charge is 0.188 e. The summed E-state index contributed by atoms with van der Waals surface area (Å²) in [4.78, 5) is 22.8. The number of pyridine rings is 1. The molecule has 190 valence electrons. The summed E-state index contributed by atoms with van der Waals surface area (Å²) in [5.74, 6) is -0.119. The molecule has 0 unspecified atom stereocenters. The number of aryl methyl sites for hydroxylation is 1. The number of nitrogens with zero attached hydrogens (tertiary/aromatic N) is 4. The number of anilines is 1. The minimum Gasteiger partial charge on any atom is -0.340 e. The molecular formula is C33H32N4O. The molecule has 0 saturated carbocycles. The second-order valence-electron chi connectivity index (χ2n) is 9.95. The van der Waals surface area contributed by atoms with Crippen LogP contribution in [0.2, 0.25) is 0 Å². The fraction of sp³-hybridized carbons (Fsp3) is 0.242. The zero-order valence-corrected chi connectivity index (χ0v) is 21.9. The van der Waals surface area contributed by atoms with Crippen molar-refractivity contribution in [3.05, 3.63) is 119 Å². The lowest BCUT2D eigenvalue weighted by Crippen LogP contribution is -2.39. The molecule has 3 heterocycles. The Bertz CT molecular complexity index is 1460. The van der Waals surface area contributed by atoms with Crippen molar-refractivity contribution in [3.63, 3.8) is 0 Å². The van der Waals surface area contributed by atoms with Gasteiger partial charge in [-0.05, 0) is 74.3 Å². The van der Waals surface area contributed by atoms with Crippen LogP contribution in [-0.4, -0.2) is 41.8 Å². The van der Waals surface area contributed by atoms with Gasteiger partial charge in [0.25, 0.3) is 0 Å². The fourth-order valence-electron chi connectivity index (χ4n) is 5.36. The maximum atomic E-state index is 13.9. The summed E-state index contributed by atoms with van der Waals surface area (Å²) >= 11 is 0. The quantitative estimate of drug-likeness (QED) is 0.363. The largest absolute Gasteiger partial charge is 0.340 e. The first kappa shape index (κ1) is 25.4. The first-order valence-electron chi connectivity index (χ1n) is 13.2. The van der Waals surface area contributed by atoms with Crippen LogP contribution in [0.1, 0.15) is 47.1 Å². The molecule has 3 aromatic rings. The summed E-state index contributed by atoms with van der Waals surface area (Å²) in [6, 6.07) is 20.4. The number of rotatable bonds is 7. The summed E-state index contributed by atoms with van der Waals surface area (Å²) in [6.45, 7) is 10.5. The minimum absolute atomic E-state index is 0.119. The van der Waals surface area contributed by atoms with Crippen LogP contribution in [0.15, 0.2) is 90.9 Å². The van der Waals surface area contributed by atoms with Gasteiger partial charge in [-0.2, -0.15) is 5.26 Å². The van der Waals surface area contributed by atoms with Gasteiger partial charge in [-0.25, -0.2) is 0 Å². The first-order valence-corrected chi connectivity index (χ1v) is 13.2. The monoisotopic (exact) mass is 500 g/mol. The van der Waals surface area contributed by atoms with Crippen LogP contribution in [0.3, 0.4) is 0 Å². The second-order valence-corrected chi connectivity index (χ2v) is 9.95. The Morgan fingerprint density at radius 2 is 1.84 bits per heavy atom. The summed E-state index contributed by atoms with van der Waals surface area (Å²) < 4.78 is 0. The number of hydrogen-bond acceptors (Lipinski definition) is 5. The number of nitriles is 1. The number of hydrogen-bond donors (Lipinski definition) is 0. The highest BCUT2D eigenvalue weighted by Crippen LogP contribution is 2.43. The Labute approximate surface area is 225 Å². The Hall–Kier alpha value is -4.27. The highest BCUT2D eigenvalue weighted by molar-refractivity contribution is 6.18. The molecule has 0 amide bonds. The van der Waals surface area contributed by atoms with Gasteiger partial charge in [0.05, 0.1) is 11.1 Å². The molecule has 5 rings (SSSR count). The molecule has 2 aliphatic rings. The molecule has 1 aromatic heterocycles. The van der Waals surface area contributed by atoms with Gasteiger partial charge in [-0.15, -0.1) is 0 Å². The van der Waals surface area contributed by atoms with E-state index in [1.165, 1.54) is 25.5 Å². The van der Waals surface area contributed by atoms with Crippen LogP contribution in [0.25, 0.3) is 11.6 Å². The van der Waals surface area contributed by atoms with Gasteiger partial charge in [0.1, 0.15) is 6.07 Å². The van der Waals surface area contributed by atoms with Crippen molar-refractivity contribution in [1.82, 2.24) is 9.88 Å². The van der Waals surface area contributed by atoms with Gasteiger partial charge < -0.3 is 9.80 Å². The Kier molecular flexibility index (Phi) is 7.62. The molecule has 0 bridgehead atoms. The molecule has 5 nitrogen and oxygen atoms in total. The van der Waals surface area contributed by atoms with E-state index in [4.69, 9.17) is 0 Å². The van der Waals surface area contributed by atoms with Crippen molar-refractivity contribution >= 4 is 23.1 Å². The molecular weight excluding hydrogens is 468 g/mol. The maximum absolute atomic E-state index is 13.9. The standard InChI is InChI=1S/C33H32N4O/c1-24-11-13-30-29(19-24)33(28-9-5-3-6-10-28)32(25(2)37(30)18-17-36-15-7-4-8-16-36)31(38)14-12-26-20-27(21-34)23-35-22-26/h3,5-6,9-14,19-20,22-23H,2,4,7-8,15-18H2,1H3/b14-12+. The Balaban J connectivity index is 1.59. The van der Waals surface area contributed by atoms with Crippen molar-refractivity contribution < 1.29 is 4.79 Å². The van der Waals surface area contributed by atoms with E-state index in [1.807, 2.05) is 18.2 Å². The van der Waals surface area contributed by atoms with E-state index in [9.17, 15) is 10.1 Å². The van der Waals surface area contributed by atoms with Crippen molar-refractivity contribution in [3.8, 4) is 6.07 Å². The molecule has 2 aromatic carbocycles. The number of fused-ring (bicyclic) bond motifs is 1. The van der Waals surface area contributed by atoms with Crippen molar-refractivity contribution in [2.45, 2.75) is 26.2 Å². The van der Waals surface area contributed by atoms with Crippen molar-refractivity contribution in [2.24, 2.45) is 0 Å². The second kappa shape index (κ2) is 11.4. The molecule has 0 spiro atoms. The average Bonchev–Trinajstić information content (AvgIpc) is 2.96. The molecule has 0 N–H and O–H groups in total. The lowest BCUT2D eigenvalue weighted by molar-refractivity contribution is -0.111. The number of aromatic nitrogens is 1. The predicted molar refractivity (Wildman–Crippen MR) is 153 cm³/mol. The SMILES string of the molecule is C=C1C(C(=O)/C=C/c2cncc(C#N)c2)=C(c2ccccc2)c2cc(C)ccc2N1CCN1CCCCC1. The summed E-state index contributed by atoms with van der Waals surface area (Å²) in [5, 5.41) is 9.22. The van der Waals surface area contributed by atoms with E-state index in [0.29, 0.717) is 16.7 Å². The van der Waals surface area contributed by atoms with Gasteiger partial charge in [0.15, 0.2) is 5.78 Å². The zero-order chi connectivity index (χ0) is 26.5. The topological polar surface area (TPSA) is 60.2 Å². The van der Waals surface area contributed by atoms with Crippen LogP contribution in [0.4, 0.5) is 5.69 Å². The highest BCUT2D eigenvalue weighted by Gasteiger charge is 2.31. The van der Waals surface area contributed by atoms with Gasteiger partial charge >= 0.3 is 0 Å². The molecule has 0 aliphatic carbocycles. The van der Waals surface area contributed by atoms with Crippen LogP contribution in [-0.2, 0) is 4.79 Å². The van der Waals surface area contributed by atoms with Crippen molar-refractivity contribution in [1.29, 1.82) is 5.26 Å². The molecule has 0 atom stereocenters. The summed E-state index contributed by atoms with van der Waals surface area (Å²) in [6.07, 6.45) is 10.2. The first-order chi connectivity index (χ1) is 18.5. The van der Waals surface area contributed by atoms with E-state index in [2.05, 4.69) is 64.7 Å². The van der Waals surface area contributed by atoms with Crippen LogP contribution in [0.5, 0.6) is 0 Å². The number of benzene rings is 2. The minimum atomic E-state index is -0.119. The number of likely N-dealkylation sites (tertiary alicyclic amines) is 1. The molecule has 1 fully saturated rings. The number of carbonyl (C=O) groups is 1. The fourth-order valence-corrected chi connectivity index (χ4v) is 5.36. The Morgan fingerprint density at radius 3 is 2.61 bits per heavy atom. The van der Waals surface area contributed by atoms with Gasteiger partial charge in [-0.3, -0.25) is 9.78 Å². The van der Waals surface area contributed by atoms with Crippen LogP contribution in [0, 0.1) is 18.3 Å². The van der Waals surface area contributed by atoms with Gasteiger partial charge in [0, 0.05) is 48.0 Å². The van der Waals surface area contributed by atoms with E-state index in [0.717, 1.165) is 59.8 Å². The highest BCUT2D eigenvalue weighted by atomic mass is 16.1. The van der Waals surface area contributed by atoms with Crippen LogP contribution >= 0.6 is 0 Å².